The van der Waals surface area contributed by atoms with Crippen molar-refractivity contribution < 1.29 is 19.0 Å². The van der Waals surface area contributed by atoms with Crippen LogP contribution in [0.15, 0.2) is 53.4 Å². The van der Waals surface area contributed by atoms with E-state index in [9.17, 15) is 9.18 Å². The summed E-state index contributed by atoms with van der Waals surface area (Å²) >= 11 is 1.46. The molecule has 104 valence electrons. The summed E-state index contributed by atoms with van der Waals surface area (Å²) in [6, 6.07) is 12.8. The molecular formula is C15H13FO3S. The van der Waals surface area contributed by atoms with E-state index in [0.717, 1.165) is 4.90 Å². The van der Waals surface area contributed by atoms with Crippen LogP contribution in [-0.2, 0) is 0 Å². The van der Waals surface area contributed by atoms with Gasteiger partial charge in [0.2, 0.25) is 0 Å². The van der Waals surface area contributed by atoms with Crippen molar-refractivity contribution in [3.8, 4) is 5.75 Å². The van der Waals surface area contributed by atoms with Gasteiger partial charge in [-0.15, -0.1) is 11.8 Å². The fourth-order valence-electron chi connectivity index (χ4n) is 1.64. The Balaban J connectivity index is 1.86. The SMILES string of the molecule is O=C(O)c1ccccc1OCCSc1cccc(F)c1. The number of hydrogen-bond donors (Lipinski definition) is 1. The minimum atomic E-state index is -1.02. The summed E-state index contributed by atoms with van der Waals surface area (Å²) < 4.78 is 18.4. The van der Waals surface area contributed by atoms with Crippen molar-refractivity contribution in [1.29, 1.82) is 0 Å². The third-order valence-electron chi connectivity index (χ3n) is 2.52. The maximum absolute atomic E-state index is 13.0. The second-order valence-electron chi connectivity index (χ2n) is 3.96. The average Bonchev–Trinajstić information content (AvgIpc) is 2.44. The van der Waals surface area contributed by atoms with E-state index < -0.39 is 5.97 Å². The highest BCUT2D eigenvalue weighted by atomic mass is 32.2. The fraction of sp³-hybridized carbons (Fsp3) is 0.133. The largest absolute Gasteiger partial charge is 0.492 e. The second kappa shape index (κ2) is 6.96. The van der Waals surface area contributed by atoms with E-state index >= 15 is 0 Å². The molecule has 0 aromatic heterocycles. The molecule has 0 amide bonds. The number of carboxylic acid groups (broad SMARTS) is 1. The van der Waals surface area contributed by atoms with Gasteiger partial charge in [0.05, 0.1) is 6.61 Å². The molecule has 0 bridgehead atoms. The van der Waals surface area contributed by atoms with E-state index in [1.807, 2.05) is 6.07 Å². The highest BCUT2D eigenvalue weighted by molar-refractivity contribution is 7.99. The number of carbonyl (C=O) groups is 1. The number of ether oxygens (including phenoxy) is 1. The third kappa shape index (κ3) is 3.99. The van der Waals surface area contributed by atoms with Crippen molar-refractivity contribution in [1.82, 2.24) is 0 Å². The molecule has 0 fully saturated rings. The van der Waals surface area contributed by atoms with Crippen molar-refractivity contribution in [3.63, 3.8) is 0 Å². The topological polar surface area (TPSA) is 46.5 Å². The van der Waals surface area contributed by atoms with Gasteiger partial charge in [-0.25, -0.2) is 9.18 Å². The smallest absolute Gasteiger partial charge is 0.339 e. The summed E-state index contributed by atoms with van der Waals surface area (Å²) in [6.07, 6.45) is 0. The van der Waals surface area contributed by atoms with Crippen molar-refractivity contribution >= 4 is 17.7 Å². The molecule has 0 heterocycles. The van der Waals surface area contributed by atoms with E-state index in [1.165, 1.54) is 30.0 Å². The summed E-state index contributed by atoms with van der Waals surface area (Å²) in [5.74, 6) is -0.331. The number of rotatable bonds is 6. The summed E-state index contributed by atoms with van der Waals surface area (Å²) in [5, 5.41) is 9.00. The minimum absolute atomic E-state index is 0.142. The Morgan fingerprint density at radius 3 is 2.75 bits per heavy atom. The molecule has 3 nitrogen and oxygen atoms in total. The molecule has 0 saturated heterocycles. The molecule has 1 N–H and O–H groups in total. The highest BCUT2D eigenvalue weighted by Crippen LogP contribution is 2.21. The Kier molecular flexibility index (Phi) is 5.01. The van der Waals surface area contributed by atoms with E-state index in [-0.39, 0.29) is 11.4 Å². The first kappa shape index (κ1) is 14.4. The lowest BCUT2D eigenvalue weighted by Crippen LogP contribution is -2.05. The molecule has 2 aromatic carbocycles. The molecule has 0 aliphatic rings. The summed E-state index contributed by atoms with van der Waals surface area (Å²) in [6.45, 7) is 0.353. The second-order valence-corrected chi connectivity index (χ2v) is 5.12. The van der Waals surface area contributed by atoms with Gasteiger partial charge in [-0.1, -0.05) is 18.2 Å². The molecule has 0 spiro atoms. The predicted octanol–water partition coefficient (Wildman–Crippen LogP) is 3.70. The van der Waals surface area contributed by atoms with Crippen LogP contribution in [0.5, 0.6) is 5.75 Å². The first-order valence-electron chi connectivity index (χ1n) is 6.00. The lowest BCUT2D eigenvalue weighted by Gasteiger charge is -2.08. The van der Waals surface area contributed by atoms with E-state index in [2.05, 4.69) is 0 Å². The molecular weight excluding hydrogens is 279 g/mol. The number of hydrogen-bond acceptors (Lipinski definition) is 3. The average molecular weight is 292 g/mol. The monoisotopic (exact) mass is 292 g/mol. The molecule has 20 heavy (non-hydrogen) atoms. The van der Waals surface area contributed by atoms with Crippen LogP contribution >= 0.6 is 11.8 Å². The number of benzene rings is 2. The van der Waals surface area contributed by atoms with Crippen LogP contribution in [0.2, 0.25) is 0 Å². The number of para-hydroxylation sites is 1. The predicted molar refractivity (Wildman–Crippen MR) is 76.0 cm³/mol. The molecule has 0 radical (unpaired) electrons. The zero-order valence-electron chi connectivity index (χ0n) is 10.6. The standard InChI is InChI=1S/C15H13FO3S/c16-11-4-3-5-12(10-11)20-9-8-19-14-7-2-1-6-13(14)15(17)18/h1-7,10H,8-9H2,(H,17,18). The van der Waals surface area contributed by atoms with Crippen LogP contribution in [-0.4, -0.2) is 23.4 Å². The van der Waals surface area contributed by atoms with Crippen molar-refractivity contribution in [2.75, 3.05) is 12.4 Å². The van der Waals surface area contributed by atoms with Crippen LogP contribution in [0.4, 0.5) is 4.39 Å². The maximum Gasteiger partial charge on any atom is 0.339 e. The lowest BCUT2D eigenvalue weighted by molar-refractivity contribution is 0.0692. The van der Waals surface area contributed by atoms with Gasteiger partial charge in [-0.05, 0) is 30.3 Å². The molecule has 2 aromatic rings. The van der Waals surface area contributed by atoms with Gasteiger partial charge in [0.25, 0.3) is 0 Å². The van der Waals surface area contributed by atoms with Crippen LogP contribution < -0.4 is 4.74 Å². The fourth-order valence-corrected chi connectivity index (χ4v) is 2.41. The maximum atomic E-state index is 13.0. The molecule has 0 aliphatic heterocycles. The number of carboxylic acids is 1. The Bertz CT molecular complexity index is 601. The zero-order chi connectivity index (χ0) is 14.4. The molecule has 0 saturated carbocycles. The quantitative estimate of drug-likeness (QED) is 0.651. The van der Waals surface area contributed by atoms with Gasteiger partial charge in [0, 0.05) is 10.6 Å². The lowest BCUT2D eigenvalue weighted by atomic mass is 10.2. The van der Waals surface area contributed by atoms with Gasteiger partial charge >= 0.3 is 5.97 Å². The van der Waals surface area contributed by atoms with Crippen LogP contribution in [0, 0.1) is 5.82 Å². The number of halogens is 1. The van der Waals surface area contributed by atoms with Gasteiger partial charge in [0.1, 0.15) is 17.1 Å². The summed E-state index contributed by atoms with van der Waals surface area (Å²) in [4.78, 5) is 11.8. The van der Waals surface area contributed by atoms with Crippen molar-refractivity contribution in [2.45, 2.75) is 4.90 Å². The first-order valence-corrected chi connectivity index (χ1v) is 6.99. The zero-order valence-corrected chi connectivity index (χ0v) is 11.4. The highest BCUT2D eigenvalue weighted by Gasteiger charge is 2.09. The van der Waals surface area contributed by atoms with Crippen LogP contribution in [0.1, 0.15) is 10.4 Å². The number of aromatic carboxylic acids is 1. The summed E-state index contributed by atoms with van der Waals surface area (Å²) in [7, 11) is 0. The molecule has 0 unspecified atom stereocenters. The Hall–Kier alpha value is -2.01. The Labute approximate surface area is 120 Å². The van der Waals surface area contributed by atoms with Crippen molar-refractivity contribution in [3.05, 3.63) is 59.9 Å². The van der Waals surface area contributed by atoms with Crippen LogP contribution in [0.3, 0.4) is 0 Å². The van der Waals surface area contributed by atoms with Gasteiger partial charge in [0.15, 0.2) is 0 Å². The van der Waals surface area contributed by atoms with Crippen molar-refractivity contribution in [2.24, 2.45) is 0 Å². The first-order chi connectivity index (χ1) is 9.66. The Morgan fingerprint density at radius 1 is 1.20 bits per heavy atom. The molecule has 2 rings (SSSR count). The molecule has 5 heteroatoms. The summed E-state index contributed by atoms with van der Waals surface area (Å²) in [5.41, 5.74) is 0.142. The number of thioether (sulfide) groups is 1. The van der Waals surface area contributed by atoms with Crippen LogP contribution in [0.25, 0.3) is 0 Å². The molecule has 0 aliphatic carbocycles. The molecule has 0 atom stereocenters. The Morgan fingerprint density at radius 2 is 2.00 bits per heavy atom. The van der Waals surface area contributed by atoms with E-state index in [4.69, 9.17) is 9.84 Å². The van der Waals surface area contributed by atoms with E-state index in [1.54, 1.807) is 24.3 Å². The third-order valence-corrected chi connectivity index (χ3v) is 3.48. The van der Waals surface area contributed by atoms with Gasteiger partial charge in [-0.3, -0.25) is 0 Å². The normalized spacial score (nSPS) is 10.2. The van der Waals surface area contributed by atoms with Gasteiger partial charge in [-0.2, -0.15) is 0 Å². The van der Waals surface area contributed by atoms with Gasteiger partial charge < -0.3 is 9.84 Å². The van der Waals surface area contributed by atoms with E-state index in [0.29, 0.717) is 18.1 Å². The minimum Gasteiger partial charge on any atom is -0.492 e.